The highest BCUT2D eigenvalue weighted by atomic mass is 19.1. The fourth-order valence-electron chi connectivity index (χ4n) is 4.08. The lowest BCUT2D eigenvalue weighted by Gasteiger charge is -2.36. The highest BCUT2D eigenvalue weighted by Crippen LogP contribution is 2.29. The average Bonchev–Trinajstić information content (AvgIpc) is 3.10. The van der Waals surface area contributed by atoms with Crippen LogP contribution in [0.15, 0.2) is 47.1 Å². The summed E-state index contributed by atoms with van der Waals surface area (Å²) < 4.78 is 19.6. The van der Waals surface area contributed by atoms with Gasteiger partial charge in [0.2, 0.25) is 5.91 Å². The Labute approximate surface area is 176 Å². The molecule has 30 heavy (non-hydrogen) atoms. The van der Waals surface area contributed by atoms with Crippen molar-refractivity contribution in [3.05, 3.63) is 65.2 Å². The normalized spacial score (nSPS) is 16.1. The first kappa shape index (κ1) is 20.4. The summed E-state index contributed by atoms with van der Waals surface area (Å²) in [5, 5.41) is 3.99. The molecule has 0 saturated carbocycles. The topological polar surface area (TPSA) is 48.7 Å². The minimum atomic E-state index is -0.303. The van der Waals surface area contributed by atoms with Crippen LogP contribution in [-0.4, -0.2) is 44.0 Å². The minimum absolute atomic E-state index is 0.112. The lowest BCUT2D eigenvalue weighted by molar-refractivity contribution is -0.121. The first-order valence-electron chi connectivity index (χ1n) is 10.4. The summed E-state index contributed by atoms with van der Waals surface area (Å²) in [7, 11) is 2.10. The van der Waals surface area contributed by atoms with E-state index in [4.69, 9.17) is 4.42 Å². The number of carbonyl (C=O) groups excluding carboxylic acids is 1. The number of furan rings is 1. The van der Waals surface area contributed by atoms with Crippen molar-refractivity contribution in [2.45, 2.75) is 26.3 Å². The molecule has 1 amide bonds. The van der Waals surface area contributed by atoms with E-state index in [2.05, 4.69) is 22.2 Å². The standard InChI is InChI=1S/C24H28FN3O2/c1-16-4-6-20-18(15-30-23(20)12-16)13-24(29)26-17(2)21-14-19(25)5-7-22(21)28-10-8-27(3)9-11-28/h4-7,12,14-15,17H,8-11,13H2,1-3H3,(H,26,29). The molecule has 1 fully saturated rings. The number of anilines is 1. The lowest BCUT2D eigenvalue weighted by atomic mass is 10.0. The molecule has 1 N–H and O–H groups in total. The number of aryl methyl sites for hydroxylation is 1. The van der Waals surface area contributed by atoms with Crippen LogP contribution in [0.25, 0.3) is 11.0 Å². The Balaban J connectivity index is 1.49. The van der Waals surface area contributed by atoms with Crippen molar-refractivity contribution in [2.75, 3.05) is 38.1 Å². The van der Waals surface area contributed by atoms with Crippen molar-refractivity contribution in [3.8, 4) is 0 Å². The molecule has 158 valence electrons. The smallest absolute Gasteiger partial charge is 0.225 e. The number of fused-ring (bicyclic) bond motifs is 1. The largest absolute Gasteiger partial charge is 0.464 e. The molecule has 1 aromatic heterocycles. The molecule has 1 aliphatic heterocycles. The van der Waals surface area contributed by atoms with Crippen LogP contribution >= 0.6 is 0 Å². The fraction of sp³-hybridized carbons (Fsp3) is 0.375. The van der Waals surface area contributed by atoms with E-state index in [0.717, 1.165) is 59.5 Å². The zero-order chi connectivity index (χ0) is 21.3. The summed E-state index contributed by atoms with van der Waals surface area (Å²) >= 11 is 0. The van der Waals surface area contributed by atoms with Crippen LogP contribution in [-0.2, 0) is 11.2 Å². The fourth-order valence-corrected chi connectivity index (χ4v) is 4.08. The van der Waals surface area contributed by atoms with Gasteiger partial charge in [-0.1, -0.05) is 12.1 Å². The highest BCUT2D eigenvalue weighted by molar-refractivity contribution is 5.88. The first-order chi connectivity index (χ1) is 14.4. The van der Waals surface area contributed by atoms with Gasteiger partial charge in [0.1, 0.15) is 11.4 Å². The number of halogens is 1. The monoisotopic (exact) mass is 409 g/mol. The summed E-state index contributed by atoms with van der Waals surface area (Å²) in [6.07, 6.45) is 1.87. The Morgan fingerprint density at radius 3 is 2.70 bits per heavy atom. The number of amides is 1. The van der Waals surface area contributed by atoms with Crippen molar-refractivity contribution in [3.63, 3.8) is 0 Å². The maximum atomic E-state index is 14.0. The molecule has 2 aromatic carbocycles. The van der Waals surface area contributed by atoms with Crippen LogP contribution in [0.4, 0.5) is 10.1 Å². The van der Waals surface area contributed by atoms with Gasteiger partial charge >= 0.3 is 0 Å². The maximum Gasteiger partial charge on any atom is 0.225 e. The summed E-state index contributed by atoms with van der Waals surface area (Å²) in [6.45, 7) is 7.61. The highest BCUT2D eigenvalue weighted by Gasteiger charge is 2.21. The zero-order valence-electron chi connectivity index (χ0n) is 17.7. The van der Waals surface area contributed by atoms with Crippen molar-refractivity contribution in [1.82, 2.24) is 10.2 Å². The Kier molecular flexibility index (Phi) is 5.77. The number of nitrogens with zero attached hydrogens (tertiary/aromatic N) is 2. The number of benzene rings is 2. The van der Waals surface area contributed by atoms with Gasteiger partial charge in [0.15, 0.2) is 0 Å². The first-order valence-corrected chi connectivity index (χ1v) is 10.4. The van der Waals surface area contributed by atoms with E-state index in [-0.39, 0.29) is 24.2 Å². The van der Waals surface area contributed by atoms with E-state index in [1.54, 1.807) is 6.26 Å². The molecule has 1 atom stereocenters. The molecule has 1 aliphatic rings. The number of rotatable bonds is 5. The van der Waals surface area contributed by atoms with Crippen LogP contribution in [0, 0.1) is 12.7 Å². The van der Waals surface area contributed by atoms with Gasteiger partial charge in [0.25, 0.3) is 0 Å². The van der Waals surface area contributed by atoms with Gasteiger partial charge in [-0.15, -0.1) is 0 Å². The Morgan fingerprint density at radius 1 is 1.17 bits per heavy atom. The van der Waals surface area contributed by atoms with E-state index in [1.807, 2.05) is 38.1 Å². The van der Waals surface area contributed by atoms with Crippen molar-refractivity contribution < 1.29 is 13.6 Å². The molecule has 1 saturated heterocycles. The molecule has 2 heterocycles. The predicted molar refractivity (Wildman–Crippen MR) is 117 cm³/mol. The molecule has 3 aromatic rings. The second kappa shape index (κ2) is 8.48. The van der Waals surface area contributed by atoms with Gasteiger partial charge in [-0.2, -0.15) is 0 Å². The summed E-state index contributed by atoms with van der Waals surface area (Å²) in [4.78, 5) is 17.3. The Morgan fingerprint density at radius 2 is 1.93 bits per heavy atom. The van der Waals surface area contributed by atoms with Crippen molar-refractivity contribution >= 4 is 22.6 Å². The van der Waals surface area contributed by atoms with Crippen molar-refractivity contribution in [1.29, 1.82) is 0 Å². The number of piperazine rings is 1. The molecule has 0 aliphatic carbocycles. The molecule has 0 radical (unpaired) electrons. The molecule has 6 heteroatoms. The Bertz CT molecular complexity index is 1050. The number of likely N-dealkylation sites (N-methyl/N-ethyl adjacent to an activating group) is 1. The number of nitrogens with one attached hydrogen (secondary N) is 1. The summed E-state index contributed by atoms with van der Waals surface area (Å²) in [6, 6.07) is 10.5. The summed E-state index contributed by atoms with van der Waals surface area (Å²) in [5.74, 6) is -0.403. The van der Waals surface area contributed by atoms with Gasteiger partial charge in [0.05, 0.1) is 18.7 Å². The maximum absolute atomic E-state index is 14.0. The molecule has 5 nitrogen and oxygen atoms in total. The van der Waals surface area contributed by atoms with Gasteiger partial charge in [-0.05, 0) is 50.7 Å². The second-order valence-electron chi connectivity index (χ2n) is 8.22. The molecule has 1 unspecified atom stereocenters. The van der Waals surface area contributed by atoms with E-state index < -0.39 is 0 Å². The van der Waals surface area contributed by atoms with Crippen LogP contribution in [0.3, 0.4) is 0 Å². The molecule has 0 spiro atoms. The van der Waals surface area contributed by atoms with E-state index >= 15 is 0 Å². The molecular weight excluding hydrogens is 381 g/mol. The van der Waals surface area contributed by atoms with E-state index in [1.165, 1.54) is 12.1 Å². The lowest BCUT2D eigenvalue weighted by Crippen LogP contribution is -2.45. The second-order valence-corrected chi connectivity index (χ2v) is 8.22. The number of carbonyl (C=O) groups is 1. The van der Waals surface area contributed by atoms with Crippen LogP contribution < -0.4 is 10.2 Å². The van der Waals surface area contributed by atoms with Gasteiger partial charge in [-0.3, -0.25) is 4.79 Å². The van der Waals surface area contributed by atoms with Gasteiger partial charge in [0, 0.05) is 48.4 Å². The predicted octanol–water partition coefficient (Wildman–Crippen LogP) is 4.05. The van der Waals surface area contributed by atoms with Crippen LogP contribution in [0.5, 0.6) is 0 Å². The summed E-state index contributed by atoms with van der Waals surface area (Å²) in [5.41, 5.74) is 4.55. The minimum Gasteiger partial charge on any atom is -0.464 e. The van der Waals surface area contributed by atoms with E-state index in [0.29, 0.717) is 0 Å². The third-order valence-electron chi connectivity index (χ3n) is 5.84. The quantitative estimate of drug-likeness (QED) is 0.691. The van der Waals surface area contributed by atoms with Crippen molar-refractivity contribution in [2.24, 2.45) is 0 Å². The SMILES string of the molecule is Cc1ccc2c(CC(=O)NC(C)c3cc(F)ccc3N3CCN(C)CC3)coc2c1. The number of hydrogen-bond acceptors (Lipinski definition) is 4. The van der Waals surface area contributed by atoms with Crippen LogP contribution in [0.1, 0.15) is 29.7 Å². The van der Waals surface area contributed by atoms with Gasteiger partial charge < -0.3 is 19.5 Å². The van der Waals surface area contributed by atoms with Crippen LogP contribution in [0.2, 0.25) is 0 Å². The number of hydrogen-bond donors (Lipinski definition) is 1. The molecule has 4 rings (SSSR count). The Hall–Kier alpha value is -2.86. The van der Waals surface area contributed by atoms with Gasteiger partial charge in [-0.25, -0.2) is 4.39 Å². The molecular formula is C24H28FN3O2. The average molecular weight is 410 g/mol. The van der Waals surface area contributed by atoms with E-state index in [9.17, 15) is 9.18 Å². The third kappa shape index (κ3) is 4.33. The third-order valence-corrected chi connectivity index (χ3v) is 5.84. The zero-order valence-corrected chi connectivity index (χ0v) is 17.7. The molecule has 0 bridgehead atoms.